The number of rotatable bonds is 9. The molecule has 1 aromatic heterocycles. The summed E-state index contributed by atoms with van der Waals surface area (Å²) in [5, 5.41) is 0.659. The van der Waals surface area contributed by atoms with Gasteiger partial charge >= 0.3 is 0 Å². The van der Waals surface area contributed by atoms with E-state index >= 15 is 0 Å². The molecule has 1 unspecified atom stereocenters. The first kappa shape index (κ1) is 24.3. The van der Waals surface area contributed by atoms with Crippen LogP contribution in [0.25, 0.3) is 0 Å². The number of ether oxygens (including phenoxy) is 1. The van der Waals surface area contributed by atoms with Crippen molar-refractivity contribution in [2.24, 2.45) is 0 Å². The fraction of sp³-hybridized carbons (Fsp3) is 0.308. The van der Waals surface area contributed by atoms with Crippen LogP contribution in [0.1, 0.15) is 34.5 Å². The van der Waals surface area contributed by atoms with Crippen LogP contribution in [0.2, 0.25) is 10.0 Å². The van der Waals surface area contributed by atoms with Crippen LogP contribution >= 0.6 is 23.2 Å². The van der Waals surface area contributed by atoms with Crippen molar-refractivity contribution in [3.8, 4) is 0 Å². The third-order valence-electron chi connectivity index (χ3n) is 5.72. The Morgan fingerprint density at radius 2 is 1.76 bits per heavy atom. The first-order valence-corrected chi connectivity index (χ1v) is 11.9. The van der Waals surface area contributed by atoms with Gasteiger partial charge in [-0.05, 0) is 48.7 Å². The Bertz CT molecular complexity index is 1100. The minimum absolute atomic E-state index is 0.0908. The average Bonchev–Trinajstić information content (AvgIpc) is 3.55. The fourth-order valence-electron chi connectivity index (χ4n) is 3.96. The molecule has 6 nitrogen and oxygen atoms in total. The number of hydrogen-bond donors (Lipinski definition) is 0. The summed E-state index contributed by atoms with van der Waals surface area (Å²) in [5.41, 5.74) is 1.37. The second-order valence-corrected chi connectivity index (χ2v) is 9.08. The molecule has 34 heavy (non-hydrogen) atoms. The molecule has 8 heteroatoms. The smallest absolute Gasteiger partial charge is 0.254 e. The van der Waals surface area contributed by atoms with Gasteiger partial charge in [-0.2, -0.15) is 0 Å². The SMILES string of the molecule is O=C(CN(CC1CCCO1)C(=O)c1ccc(Cl)c(Cl)c1)N(Cc1ccccc1)Cc1ccco1. The molecule has 4 rings (SSSR count). The molecule has 2 amide bonds. The maximum absolute atomic E-state index is 13.5. The highest BCUT2D eigenvalue weighted by molar-refractivity contribution is 6.42. The summed E-state index contributed by atoms with van der Waals surface area (Å²) in [6, 6.07) is 18.1. The molecule has 2 heterocycles. The minimum atomic E-state index is -0.292. The monoisotopic (exact) mass is 500 g/mol. The van der Waals surface area contributed by atoms with Crippen LogP contribution in [0.5, 0.6) is 0 Å². The van der Waals surface area contributed by atoms with Crippen LogP contribution in [0.3, 0.4) is 0 Å². The predicted molar refractivity (Wildman–Crippen MR) is 131 cm³/mol. The lowest BCUT2D eigenvalue weighted by Crippen LogP contribution is -2.45. The Hall–Kier alpha value is -2.80. The van der Waals surface area contributed by atoms with Crippen molar-refractivity contribution in [3.05, 3.63) is 93.9 Å². The molecule has 2 aromatic carbocycles. The molecular weight excluding hydrogens is 475 g/mol. The van der Waals surface area contributed by atoms with Gasteiger partial charge in [0.05, 0.1) is 29.0 Å². The highest BCUT2D eigenvalue weighted by atomic mass is 35.5. The quantitative estimate of drug-likeness (QED) is 0.392. The first-order valence-electron chi connectivity index (χ1n) is 11.2. The van der Waals surface area contributed by atoms with Gasteiger partial charge in [0.1, 0.15) is 12.3 Å². The average molecular weight is 501 g/mol. The molecule has 1 saturated heterocycles. The molecule has 0 bridgehead atoms. The van der Waals surface area contributed by atoms with Crippen molar-refractivity contribution >= 4 is 35.0 Å². The van der Waals surface area contributed by atoms with E-state index in [9.17, 15) is 9.59 Å². The number of carbonyl (C=O) groups is 2. The Balaban J connectivity index is 1.55. The second-order valence-electron chi connectivity index (χ2n) is 8.26. The molecule has 178 valence electrons. The molecule has 1 aliphatic heterocycles. The summed E-state index contributed by atoms with van der Waals surface area (Å²) in [4.78, 5) is 30.2. The van der Waals surface area contributed by atoms with Gasteiger partial charge in [-0.15, -0.1) is 0 Å². The van der Waals surface area contributed by atoms with Gasteiger partial charge in [-0.25, -0.2) is 0 Å². The van der Waals surface area contributed by atoms with Crippen molar-refractivity contribution in [1.82, 2.24) is 9.80 Å². The Morgan fingerprint density at radius 3 is 2.44 bits per heavy atom. The van der Waals surface area contributed by atoms with E-state index in [1.807, 2.05) is 36.4 Å². The number of benzene rings is 2. The molecule has 1 fully saturated rings. The van der Waals surface area contributed by atoms with E-state index in [0.29, 0.717) is 47.6 Å². The highest BCUT2D eigenvalue weighted by Gasteiger charge is 2.27. The number of nitrogens with zero attached hydrogens (tertiary/aromatic N) is 2. The topological polar surface area (TPSA) is 63.0 Å². The van der Waals surface area contributed by atoms with Gasteiger partial charge in [-0.3, -0.25) is 9.59 Å². The van der Waals surface area contributed by atoms with Gasteiger partial charge < -0.3 is 19.0 Å². The molecule has 0 saturated carbocycles. The number of furan rings is 1. The standard InChI is InChI=1S/C26H26Cl2N2O4/c27-23-11-10-20(14-24(23)28)26(32)30(17-22-9-5-13-34-22)18-25(31)29(16-21-8-4-12-33-21)15-19-6-2-1-3-7-19/h1-4,6-8,10-12,14,22H,5,9,13,15-18H2. The molecule has 0 aliphatic carbocycles. The number of hydrogen-bond acceptors (Lipinski definition) is 4. The molecule has 0 spiro atoms. The van der Waals surface area contributed by atoms with Gasteiger partial charge in [0.2, 0.25) is 5.91 Å². The number of carbonyl (C=O) groups excluding carboxylic acids is 2. The van der Waals surface area contributed by atoms with Crippen LogP contribution in [-0.4, -0.2) is 47.4 Å². The van der Waals surface area contributed by atoms with Gasteiger partial charge in [0.25, 0.3) is 5.91 Å². The van der Waals surface area contributed by atoms with E-state index in [0.717, 1.165) is 18.4 Å². The molecule has 3 aromatic rings. The van der Waals surface area contributed by atoms with Crippen LogP contribution < -0.4 is 0 Å². The molecule has 0 N–H and O–H groups in total. The van der Waals surface area contributed by atoms with Crippen molar-refractivity contribution in [1.29, 1.82) is 0 Å². The summed E-state index contributed by atoms with van der Waals surface area (Å²) >= 11 is 12.2. The third-order valence-corrected chi connectivity index (χ3v) is 6.46. The summed E-state index contributed by atoms with van der Waals surface area (Å²) in [6.45, 7) is 1.59. The van der Waals surface area contributed by atoms with Gasteiger partial charge in [-0.1, -0.05) is 53.5 Å². The summed E-state index contributed by atoms with van der Waals surface area (Å²) in [5.74, 6) is 0.192. The first-order chi connectivity index (χ1) is 16.5. The Morgan fingerprint density at radius 1 is 0.941 bits per heavy atom. The Kier molecular flexibility index (Phi) is 8.27. The second kappa shape index (κ2) is 11.6. The van der Waals surface area contributed by atoms with Crippen LogP contribution in [0.15, 0.2) is 71.3 Å². The fourth-order valence-corrected chi connectivity index (χ4v) is 4.25. The van der Waals surface area contributed by atoms with Gasteiger partial charge in [0.15, 0.2) is 0 Å². The lowest BCUT2D eigenvalue weighted by molar-refractivity contribution is -0.133. The lowest BCUT2D eigenvalue weighted by Gasteiger charge is -2.29. The molecule has 0 radical (unpaired) electrons. The third kappa shape index (κ3) is 6.41. The summed E-state index contributed by atoms with van der Waals surface area (Å²) in [6.07, 6.45) is 3.26. The van der Waals surface area contributed by atoms with Crippen molar-refractivity contribution in [3.63, 3.8) is 0 Å². The zero-order valence-electron chi connectivity index (χ0n) is 18.7. The van der Waals surface area contributed by atoms with Crippen LogP contribution in [-0.2, 0) is 22.6 Å². The van der Waals surface area contributed by atoms with Crippen molar-refractivity contribution < 1.29 is 18.7 Å². The van der Waals surface area contributed by atoms with Crippen molar-refractivity contribution in [2.75, 3.05) is 19.7 Å². The van der Waals surface area contributed by atoms with E-state index in [1.165, 1.54) is 11.0 Å². The molecular formula is C26H26Cl2N2O4. The number of amides is 2. The summed E-state index contributed by atoms with van der Waals surface area (Å²) in [7, 11) is 0. The number of halogens is 2. The normalized spacial score (nSPS) is 15.3. The van der Waals surface area contributed by atoms with E-state index in [2.05, 4.69) is 0 Å². The van der Waals surface area contributed by atoms with Crippen LogP contribution in [0.4, 0.5) is 0 Å². The Labute approximate surface area is 209 Å². The maximum atomic E-state index is 13.5. The van der Waals surface area contributed by atoms with E-state index in [1.54, 1.807) is 29.4 Å². The predicted octanol–water partition coefficient (Wildman–Crippen LogP) is 5.44. The summed E-state index contributed by atoms with van der Waals surface area (Å²) < 4.78 is 11.2. The van der Waals surface area contributed by atoms with Crippen LogP contribution in [0, 0.1) is 0 Å². The maximum Gasteiger partial charge on any atom is 0.254 e. The van der Waals surface area contributed by atoms with Gasteiger partial charge in [0, 0.05) is 25.3 Å². The highest BCUT2D eigenvalue weighted by Crippen LogP contribution is 2.24. The lowest BCUT2D eigenvalue weighted by atomic mass is 10.1. The van der Waals surface area contributed by atoms with E-state index < -0.39 is 0 Å². The minimum Gasteiger partial charge on any atom is -0.467 e. The van der Waals surface area contributed by atoms with E-state index in [-0.39, 0.29) is 24.5 Å². The zero-order valence-corrected chi connectivity index (χ0v) is 20.2. The zero-order chi connectivity index (χ0) is 23.9. The largest absolute Gasteiger partial charge is 0.467 e. The van der Waals surface area contributed by atoms with Crippen molar-refractivity contribution in [2.45, 2.75) is 32.0 Å². The van der Waals surface area contributed by atoms with E-state index in [4.69, 9.17) is 32.4 Å². The molecule has 1 atom stereocenters. The molecule has 1 aliphatic rings.